The zero-order valence-corrected chi connectivity index (χ0v) is 26.4. The summed E-state index contributed by atoms with van der Waals surface area (Å²) in [5.74, 6) is -0.0331. The fraction of sp³-hybridized carbons (Fsp3) is 0.281. The number of aryl methyl sites for hydroxylation is 1. The number of methoxy groups -OCH3 is 1. The Balaban J connectivity index is 1.75. The summed E-state index contributed by atoms with van der Waals surface area (Å²) in [6, 6.07) is 13.1. The van der Waals surface area contributed by atoms with Crippen LogP contribution in [0.1, 0.15) is 17.3 Å². The van der Waals surface area contributed by atoms with Gasteiger partial charge in [-0.05, 0) is 45.3 Å². The second kappa shape index (κ2) is 14.8. The van der Waals surface area contributed by atoms with Gasteiger partial charge in [-0.15, -0.1) is 0 Å². The number of likely N-dealkylation sites (N-methyl/N-ethyl adjacent to an activating group) is 2. The van der Waals surface area contributed by atoms with Crippen LogP contribution >= 0.6 is 0 Å². The number of amides is 1. The summed E-state index contributed by atoms with van der Waals surface area (Å²) < 4.78 is 12.7. The number of hydrogen-bond acceptors (Lipinski definition) is 11. The highest BCUT2D eigenvalue weighted by Gasteiger charge is 2.20. The highest BCUT2D eigenvalue weighted by Crippen LogP contribution is 2.38. The third-order valence-electron chi connectivity index (χ3n) is 6.76. The van der Waals surface area contributed by atoms with Gasteiger partial charge in [0.05, 0.1) is 36.5 Å². The Kier molecular flexibility index (Phi) is 10.7. The molecule has 45 heavy (non-hydrogen) atoms. The highest BCUT2D eigenvalue weighted by atomic mass is 16.5. The summed E-state index contributed by atoms with van der Waals surface area (Å²) in [5.41, 5.74) is 4.19. The van der Waals surface area contributed by atoms with E-state index in [1.807, 2.05) is 75.7 Å². The van der Waals surface area contributed by atoms with E-state index in [0.717, 1.165) is 23.5 Å². The van der Waals surface area contributed by atoms with Gasteiger partial charge in [0.1, 0.15) is 11.3 Å². The first kappa shape index (κ1) is 32.5. The predicted molar refractivity (Wildman–Crippen MR) is 177 cm³/mol. The van der Waals surface area contributed by atoms with E-state index in [2.05, 4.69) is 42.5 Å². The topological polar surface area (TPSA) is 139 Å². The first-order chi connectivity index (χ1) is 21.6. The smallest absolute Gasteiger partial charge is 0.343 e. The number of nitrogens with zero attached hydrogens (tertiary/aromatic N) is 6. The van der Waals surface area contributed by atoms with Gasteiger partial charge in [0.15, 0.2) is 5.82 Å². The summed E-state index contributed by atoms with van der Waals surface area (Å²) >= 11 is 0. The van der Waals surface area contributed by atoms with Crippen molar-refractivity contribution < 1.29 is 19.1 Å². The van der Waals surface area contributed by atoms with Crippen molar-refractivity contribution in [1.29, 1.82) is 0 Å². The standard InChI is InChI=1S/C32H39N9O4/c1-8-29(42)34-25-18-26(28(44-7)19-27(25)40(5)17-16-39(3)4)36-32-33-20-22(31(43)45-9-2)30(37-32)35-23-13-11-10-12-21(23)24-14-15-41(6)38-24/h8,10-15,18-20H,1,9,16-17H2,2-7H3,(H,34,42)(H2,33,35,36,37). The number of carbonyl (C=O) groups excluding carboxylic acids is 2. The van der Waals surface area contributed by atoms with Crippen LogP contribution in [0.5, 0.6) is 5.75 Å². The molecule has 0 saturated heterocycles. The third-order valence-corrected chi connectivity index (χ3v) is 6.76. The second-order valence-corrected chi connectivity index (χ2v) is 10.3. The molecule has 0 aliphatic heterocycles. The van der Waals surface area contributed by atoms with E-state index in [-0.39, 0.29) is 29.8 Å². The van der Waals surface area contributed by atoms with Gasteiger partial charge in [0, 0.05) is 56.9 Å². The van der Waals surface area contributed by atoms with Crippen LogP contribution in [0.25, 0.3) is 11.3 Å². The van der Waals surface area contributed by atoms with E-state index in [9.17, 15) is 9.59 Å². The van der Waals surface area contributed by atoms with Crippen molar-refractivity contribution in [3.05, 3.63) is 73.1 Å². The molecule has 0 bridgehead atoms. The molecule has 236 valence electrons. The molecule has 0 radical (unpaired) electrons. The Hall–Kier alpha value is -5.43. The summed E-state index contributed by atoms with van der Waals surface area (Å²) in [6.07, 6.45) is 4.46. The van der Waals surface area contributed by atoms with E-state index >= 15 is 0 Å². The molecule has 4 aromatic rings. The zero-order valence-electron chi connectivity index (χ0n) is 26.4. The van der Waals surface area contributed by atoms with Gasteiger partial charge in [-0.3, -0.25) is 9.48 Å². The van der Waals surface area contributed by atoms with Crippen molar-refractivity contribution in [3.8, 4) is 17.0 Å². The Morgan fingerprint density at radius 3 is 2.49 bits per heavy atom. The van der Waals surface area contributed by atoms with Crippen molar-refractivity contribution in [2.75, 3.05) is 68.8 Å². The van der Waals surface area contributed by atoms with Gasteiger partial charge in [-0.1, -0.05) is 24.8 Å². The average molecular weight is 614 g/mol. The van der Waals surface area contributed by atoms with Crippen LogP contribution < -0.4 is 25.6 Å². The van der Waals surface area contributed by atoms with Gasteiger partial charge in [-0.2, -0.15) is 10.1 Å². The minimum atomic E-state index is -0.570. The number of aromatic nitrogens is 4. The fourth-order valence-electron chi connectivity index (χ4n) is 4.42. The van der Waals surface area contributed by atoms with Crippen molar-refractivity contribution >= 4 is 46.4 Å². The Labute approximate surface area is 262 Å². The van der Waals surface area contributed by atoms with Crippen LogP contribution in [0, 0.1) is 0 Å². The van der Waals surface area contributed by atoms with Crippen LogP contribution in [-0.4, -0.2) is 84.5 Å². The monoisotopic (exact) mass is 613 g/mol. The molecule has 2 aromatic carbocycles. The predicted octanol–water partition coefficient (Wildman–Crippen LogP) is 4.67. The van der Waals surface area contributed by atoms with Gasteiger partial charge < -0.3 is 35.2 Å². The highest BCUT2D eigenvalue weighted by molar-refractivity contribution is 6.02. The lowest BCUT2D eigenvalue weighted by atomic mass is 10.1. The number of esters is 1. The number of carbonyl (C=O) groups is 2. The van der Waals surface area contributed by atoms with Crippen LogP contribution in [0.4, 0.5) is 34.5 Å². The second-order valence-electron chi connectivity index (χ2n) is 10.3. The molecule has 0 aliphatic rings. The van der Waals surface area contributed by atoms with E-state index in [1.54, 1.807) is 24.8 Å². The Morgan fingerprint density at radius 2 is 1.82 bits per heavy atom. The number of hydrogen-bond donors (Lipinski definition) is 3. The first-order valence-corrected chi connectivity index (χ1v) is 14.3. The number of benzene rings is 2. The lowest BCUT2D eigenvalue weighted by Crippen LogP contribution is -2.29. The maximum absolute atomic E-state index is 12.9. The number of rotatable bonds is 14. The molecular weight excluding hydrogens is 574 g/mol. The molecular formula is C32H39N9O4. The molecule has 0 unspecified atom stereocenters. The summed E-state index contributed by atoms with van der Waals surface area (Å²) in [7, 11) is 9.33. The molecule has 0 saturated carbocycles. The third kappa shape index (κ3) is 8.15. The van der Waals surface area contributed by atoms with Crippen molar-refractivity contribution in [1.82, 2.24) is 24.6 Å². The Morgan fingerprint density at radius 1 is 1.04 bits per heavy atom. The van der Waals surface area contributed by atoms with E-state index < -0.39 is 5.97 Å². The number of nitrogens with one attached hydrogen (secondary N) is 3. The molecule has 3 N–H and O–H groups in total. The Bertz CT molecular complexity index is 1670. The van der Waals surface area contributed by atoms with Crippen LogP contribution in [0.15, 0.2) is 67.5 Å². The maximum atomic E-state index is 12.9. The SMILES string of the molecule is C=CC(=O)Nc1cc(Nc2ncc(C(=O)OCC)c(Nc3ccccc3-c3ccn(C)n3)n2)c(OC)cc1N(C)CCN(C)C. The molecule has 0 fully saturated rings. The fourth-order valence-corrected chi connectivity index (χ4v) is 4.42. The summed E-state index contributed by atoms with van der Waals surface area (Å²) in [6.45, 7) is 7.00. The zero-order chi connectivity index (χ0) is 32.5. The average Bonchev–Trinajstić information content (AvgIpc) is 3.46. The maximum Gasteiger partial charge on any atom is 0.343 e. The van der Waals surface area contributed by atoms with E-state index in [4.69, 9.17) is 9.47 Å². The number of para-hydroxylation sites is 1. The molecule has 4 rings (SSSR count). The van der Waals surface area contributed by atoms with Gasteiger partial charge >= 0.3 is 5.97 Å². The minimum absolute atomic E-state index is 0.155. The van der Waals surface area contributed by atoms with Gasteiger partial charge in [-0.25, -0.2) is 9.78 Å². The summed E-state index contributed by atoms with van der Waals surface area (Å²) in [5, 5.41) is 13.9. The normalized spacial score (nSPS) is 10.7. The van der Waals surface area contributed by atoms with Crippen molar-refractivity contribution in [2.24, 2.45) is 7.05 Å². The van der Waals surface area contributed by atoms with E-state index in [0.29, 0.717) is 29.4 Å². The largest absolute Gasteiger partial charge is 0.494 e. The molecule has 0 aliphatic carbocycles. The number of ether oxygens (including phenoxy) is 2. The molecule has 2 heterocycles. The lowest BCUT2D eigenvalue weighted by Gasteiger charge is -2.26. The van der Waals surface area contributed by atoms with Crippen molar-refractivity contribution in [3.63, 3.8) is 0 Å². The molecule has 0 spiro atoms. The quantitative estimate of drug-likeness (QED) is 0.135. The van der Waals surface area contributed by atoms with Crippen LogP contribution in [-0.2, 0) is 16.6 Å². The molecule has 1 amide bonds. The van der Waals surface area contributed by atoms with Crippen LogP contribution in [0.2, 0.25) is 0 Å². The summed E-state index contributed by atoms with van der Waals surface area (Å²) in [4.78, 5) is 38.4. The van der Waals surface area contributed by atoms with Crippen LogP contribution in [0.3, 0.4) is 0 Å². The van der Waals surface area contributed by atoms with Crippen molar-refractivity contribution in [2.45, 2.75) is 6.92 Å². The van der Waals surface area contributed by atoms with Gasteiger partial charge in [0.2, 0.25) is 11.9 Å². The lowest BCUT2D eigenvalue weighted by molar-refractivity contribution is -0.111. The van der Waals surface area contributed by atoms with Gasteiger partial charge in [0.25, 0.3) is 0 Å². The molecule has 2 aromatic heterocycles. The first-order valence-electron chi connectivity index (χ1n) is 14.3. The number of anilines is 6. The van der Waals surface area contributed by atoms with E-state index in [1.165, 1.54) is 12.3 Å². The molecule has 0 atom stereocenters. The molecule has 13 heteroatoms. The molecule has 13 nitrogen and oxygen atoms in total. The minimum Gasteiger partial charge on any atom is -0.494 e.